The first-order valence-corrected chi connectivity index (χ1v) is 10.3. The Hall–Kier alpha value is -2.26. The molecule has 3 rings (SSSR count). The molecule has 1 aromatic heterocycles. The smallest absolute Gasteiger partial charge is 0.266 e. The van der Waals surface area contributed by atoms with E-state index >= 15 is 0 Å². The summed E-state index contributed by atoms with van der Waals surface area (Å²) < 4.78 is 6.32. The van der Waals surface area contributed by atoms with Crippen LogP contribution in [0.25, 0.3) is 0 Å². The lowest BCUT2D eigenvalue weighted by atomic mass is 9.86. The lowest BCUT2D eigenvalue weighted by Gasteiger charge is -2.37. The summed E-state index contributed by atoms with van der Waals surface area (Å²) in [5.74, 6) is 0.0749. The van der Waals surface area contributed by atoms with E-state index < -0.39 is 0 Å². The molecule has 1 N–H and O–H groups in total. The molecule has 9 nitrogen and oxygen atoms in total. The minimum atomic E-state index is -0.133. The molecular weight excluding hydrogens is 374 g/mol. The third kappa shape index (κ3) is 5.63. The van der Waals surface area contributed by atoms with Gasteiger partial charge >= 0.3 is 0 Å². The number of nitrogens with zero attached hydrogens (tertiary/aromatic N) is 4. The van der Waals surface area contributed by atoms with Crippen molar-refractivity contribution in [2.24, 2.45) is 13.0 Å². The van der Waals surface area contributed by atoms with E-state index in [1.54, 1.807) is 20.2 Å². The van der Waals surface area contributed by atoms with E-state index in [0.29, 0.717) is 52.3 Å². The Labute approximate surface area is 171 Å². The third-order valence-corrected chi connectivity index (χ3v) is 5.70. The quantitative estimate of drug-likeness (QED) is 0.596. The highest BCUT2D eigenvalue weighted by molar-refractivity contribution is 5.80. The fraction of sp³-hybridized carbons (Fsp3) is 0.700. The molecule has 0 spiro atoms. The molecular formula is C20H31N5O4. The number of piperazine rings is 1. The zero-order valence-corrected chi connectivity index (χ0v) is 17.4. The number of nitrogens with one attached hydrogen (secondary N) is 1. The first kappa shape index (κ1) is 21.4. The Balaban J connectivity index is 1.45. The predicted molar refractivity (Wildman–Crippen MR) is 108 cm³/mol. The highest BCUT2D eigenvalue weighted by atomic mass is 16.5. The van der Waals surface area contributed by atoms with Crippen molar-refractivity contribution in [2.75, 3.05) is 53.0 Å². The zero-order chi connectivity index (χ0) is 20.8. The number of amides is 2. The Morgan fingerprint density at radius 3 is 2.76 bits per heavy atom. The van der Waals surface area contributed by atoms with Crippen LogP contribution in [0.2, 0.25) is 0 Å². The van der Waals surface area contributed by atoms with Crippen molar-refractivity contribution in [3.05, 3.63) is 27.7 Å². The molecule has 0 radical (unpaired) electrons. The van der Waals surface area contributed by atoms with E-state index in [2.05, 4.69) is 15.3 Å². The van der Waals surface area contributed by atoms with Gasteiger partial charge in [-0.15, -0.1) is 0 Å². The van der Waals surface area contributed by atoms with Gasteiger partial charge in [0.1, 0.15) is 0 Å². The Morgan fingerprint density at radius 2 is 2.03 bits per heavy atom. The molecule has 160 valence electrons. The molecule has 29 heavy (non-hydrogen) atoms. The molecule has 9 heteroatoms. The molecule has 1 aliphatic heterocycles. The van der Waals surface area contributed by atoms with E-state index in [1.165, 1.54) is 4.68 Å². The normalized spacial score (nSPS) is 19.7. The number of methoxy groups -OCH3 is 1. The molecule has 2 aliphatic rings. The van der Waals surface area contributed by atoms with E-state index in [-0.39, 0.29) is 23.3 Å². The van der Waals surface area contributed by atoms with Crippen LogP contribution >= 0.6 is 0 Å². The fourth-order valence-electron chi connectivity index (χ4n) is 3.98. The molecule has 1 atom stereocenters. The number of aryl methyl sites for hydroxylation is 2. The number of aromatic nitrogens is 2. The minimum absolute atomic E-state index is 0.0128. The summed E-state index contributed by atoms with van der Waals surface area (Å²) in [5.41, 5.74) is 1.70. The van der Waals surface area contributed by atoms with Crippen LogP contribution < -0.4 is 10.9 Å². The maximum absolute atomic E-state index is 13.0. The standard InChI is InChI=1S/C20H31N5O4/c1-23-19(27)13-16-12-15(4-5-17(16)22-23)20(28)25-9-7-24(8-10-25)14-18(26)21-6-3-11-29-2/h13,15H,3-12,14H2,1-2H3,(H,21,26). The Bertz CT molecular complexity index is 786. The van der Waals surface area contributed by atoms with Gasteiger partial charge in [-0.1, -0.05) is 0 Å². The van der Waals surface area contributed by atoms with Crippen LogP contribution in [0.5, 0.6) is 0 Å². The van der Waals surface area contributed by atoms with Crippen LogP contribution in [0.3, 0.4) is 0 Å². The number of hydrogen-bond acceptors (Lipinski definition) is 6. The van der Waals surface area contributed by atoms with Gasteiger partial charge in [0.05, 0.1) is 12.2 Å². The van der Waals surface area contributed by atoms with E-state index in [0.717, 1.165) is 30.5 Å². The van der Waals surface area contributed by atoms with Crippen LogP contribution in [0.15, 0.2) is 10.9 Å². The second-order valence-electron chi connectivity index (χ2n) is 7.82. The van der Waals surface area contributed by atoms with Crippen molar-refractivity contribution >= 4 is 11.8 Å². The van der Waals surface area contributed by atoms with Gasteiger partial charge in [0.15, 0.2) is 0 Å². The van der Waals surface area contributed by atoms with Gasteiger partial charge in [0, 0.05) is 65.5 Å². The molecule has 2 amide bonds. The Morgan fingerprint density at radius 1 is 1.28 bits per heavy atom. The van der Waals surface area contributed by atoms with Gasteiger partial charge in [-0.05, 0) is 31.2 Å². The monoisotopic (exact) mass is 405 g/mol. The molecule has 1 saturated heterocycles. The van der Waals surface area contributed by atoms with E-state index in [4.69, 9.17) is 4.74 Å². The summed E-state index contributed by atoms with van der Waals surface area (Å²) in [6.45, 7) is 4.28. The number of carbonyl (C=O) groups is 2. The summed E-state index contributed by atoms with van der Waals surface area (Å²) in [4.78, 5) is 40.8. The van der Waals surface area contributed by atoms with Gasteiger partial charge in [-0.3, -0.25) is 19.3 Å². The average Bonchev–Trinajstić information content (AvgIpc) is 2.72. The van der Waals surface area contributed by atoms with Crippen LogP contribution in [-0.4, -0.2) is 84.4 Å². The van der Waals surface area contributed by atoms with Crippen molar-refractivity contribution in [2.45, 2.75) is 25.7 Å². The minimum Gasteiger partial charge on any atom is -0.385 e. The fourth-order valence-corrected chi connectivity index (χ4v) is 3.98. The van der Waals surface area contributed by atoms with Gasteiger partial charge < -0.3 is 15.0 Å². The molecule has 0 saturated carbocycles. The lowest BCUT2D eigenvalue weighted by molar-refractivity contribution is -0.137. The highest BCUT2D eigenvalue weighted by Gasteiger charge is 2.31. The molecule has 0 bridgehead atoms. The first-order valence-electron chi connectivity index (χ1n) is 10.3. The summed E-state index contributed by atoms with van der Waals surface area (Å²) >= 11 is 0. The molecule has 0 aromatic carbocycles. The van der Waals surface area contributed by atoms with Crippen molar-refractivity contribution in [1.82, 2.24) is 24.9 Å². The predicted octanol–water partition coefficient (Wildman–Crippen LogP) is -0.818. The molecule has 1 aliphatic carbocycles. The third-order valence-electron chi connectivity index (χ3n) is 5.70. The van der Waals surface area contributed by atoms with Crippen molar-refractivity contribution in [1.29, 1.82) is 0 Å². The van der Waals surface area contributed by atoms with E-state index in [9.17, 15) is 14.4 Å². The maximum Gasteiger partial charge on any atom is 0.266 e. The number of hydrogen-bond donors (Lipinski definition) is 1. The Kier molecular flexibility index (Phi) is 7.38. The second kappa shape index (κ2) is 9.98. The van der Waals surface area contributed by atoms with Crippen LogP contribution in [0.1, 0.15) is 24.1 Å². The molecule has 1 fully saturated rings. The second-order valence-corrected chi connectivity index (χ2v) is 7.82. The summed E-state index contributed by atoms with van der Waals surface area (Å²) in [5, 5.41) is 7.21. The summed E-state index contributed by atoms with van der Waals surface area (Å²) in [6, 6.07) is 1.62. The molecule has 1 aromatic rings. The van der Waals surface area contributed by atoms with Crippen LogP contribution in [-0.2, 0) is 34.2 Å². The largest absolute Gasteiger partial charge is 0.385 e. The van der Waals surface area contributed by atoms with Crippen molar-refractivity contribution < 1.29 is 14.3 Å². The topological polar surface area (TPSA) is 96.8 Å². The average molecular weight is 405 g/mol. The van der Waals surface area contributed by atoms with Crippen LogP contribution in [0, 0.1) is 5.92 Å². The van der Waals surface area contributed by atoms with Gasteiger partial charge in [0.2, 0.25) is 11.8 Å². The number of ether oxygens (including phenoxy) is 1. The van der Waals surface area contributed by atoms with Crippen molar-refractivity contribution in [3.63, 3.8) is 0 Å². The molecule has 1 unspecified atom stereocenters. The highest BCUT2D eigenvalue weighted by Crippen LogP contribution is 2.25. The lowest BCUT2D eigenvalue weighted by Crippen LogP contribution is -2.52. The molecule has 2 heterocycles. The number of fused-ring (bicyclic) bond motifs is 1. The summed E-state index contributed by atoms with van der Waals surface area (Å²) in [7, 11) is 3.30. The number of rotatable bonds is 7. The van der Waals surface area contributed by atoms with Gasteiger partial charge in [0.25, 0.3) is 5.56 Å². The van der Waals surface area contributed by atoms with Gasteiger partial charge in [-0.25, -0.2) is 4.68 Å². The SMILES string of the molecule is COCCCNC(=O)CN1CCN(C(=O)C2CCc3nn(C)c(=O)cc3C2)CC1. The maximum atomic E-state index is 13.0. The van der Waals surface area contributed by atoms with Crippen LogP contribution in [0.4, 0.5) is 0 Å². The first-order chi connectivity index (χ1) is 14.0. The zero-order valence-electron chi connectivity index (χ0n) is 17.4. The number of carbonyl (C=O) groups excluding carboxylic acids is 2. The van der Waals surface area contributed by atoms with E-state index in [1.807, 2.05) is 4.90 Å². The van der Waals surface area contributed by atoms with Gasteiger partial charge in [-0.2, -0.15) is 5.10 Å². The van der Waals surface area contributed by atoms with Crippen molar-refractivity contribution in [3.8, 4) is 0 Å². The summed E-state index contributed by atoms with van der Waals surface area (Å²) in [6.07, 6.45) is 2.88.